The van der Waals surface area contributed by atoms with Crippen molar-refractivity contribution >= 4 is 13.7 Å². The van der Waals surface area contributed by atoms with E-state index in [1.165, 1.54) is 7.11 Å². The lowest BCUT2D eigenvalue weighted by molar-refractivity contribution is -0.249. The predicted octanol–water partition coefficient (Wildman–Crippen LogP) is -4.72. The Morgan fingerprint density at radius 1 is 1.00 bits per heavy atom. The summed E-state index contributed by atoms with van der Waals surface area (Å²) in [6.45, 7) is -0.547. The second-order valence-corrected chi connectivity index (χ2v) is 11.1. The Labute approximate surface area is 249 Å². The van der Waals surface area contributed by atoms with Gasteiger partial charge >= 0.3 is 13.5 Å². The van der Waals surface area contributed by atoms with E-state index in [4.69, 9.17) is 32.7 Å². The number of phosphoric ester groups is 1. The van der Waals surface area contributed by atoms with Gasteiger partial charge in [-0.25, -0.2) is 9.36 Å². The van der Waals surface area contributed by atoms with E-state index in [2.05, 4.69) is 5.32 Å². The summed E-state index contributed by atoms with van der Waals surface area (Å²) in [4.78, 5) is 48.2. The number of H-pyrrole nitrogens is 1. The molecule has 0 radical (unpaired) electrons. The molecule has 1 aromatic heterocycles. The fraction of sp³-hybridized carbons (Fsp3) is 0.783. The maximum absolute atomic E-state index is 12.8. The topological polar surface area (TPSA) is 287 Å². The minimum Gasteiger partial charge on any atom is -0.394 e. The van der Waals surface area contributed by atoms with Crippen LogP contribution >= 0.6 is 7.82 Å². The van der Waals surface area contributed by atoms with E-state index in [0.717, 1.165) is 16.8 Å². The third kappa shape index (κ3) is 9.93. The number of hydrogen-bond donors (Lipinski definition) is 8. The fourth-order valence-electron chi connectivity index (χ4n) is 4.27. The number of aliphatic hydroxyl groups is 5. The van der Waals surface area contributed by atoms with Gasteiger partial charge in [0.1, 0.15) is 42.7 Å². The van der Waals surface area contributed by atoms with Gasteiger partial charge in [-0.15, -0.1) is 0 Å². The average Bonchev–Trinajstić information content (AvgIpc) is 3.25. The minimum absolute atomic E-state index is 0.0557. The summed E-state index contributed by atoms with van der Waals surface area (Å²) in [6, 6.07) is -0.643. The molecule has 252 valence electrons. The molecular formula is C23H38N3O17P. The Balaban J connectivity index is 1.58. The van der Waals surface area contributed by atoms with Crippen molar-refractivity contribution in [2.45, 2.75) is 61.6 Å². The van der Waals surface area contributed by atoms with E-state index in [0.29, 0.717) is 13.2 Å². The number of nitrogens with zero attached hydrogens (tertiary/aromatic N) is 1. The number of aromatic amines is 1. The molecule has 0 aliphatic carbocycles. The highest BCUT2D eigenvalue weighted by Gasteiger charge is 2.49. The lowest BCUT2D eigenvalue weighted by Gasteiger charge is -2.42. The van der Waals surface area contributed by atoms with Crippen LogP contribution in [-0.2, 0) is 42.1 Å². The molecule has 0 spiro atoms. The van der Waals surface area contributed by atoms with Gasteiger partial charge in [0.15, 0.2) is 12.5 Å². The van der Waals surface area contributed by atoms with Crippen molar-refractivity contribution in [3.05, 3.63) is 33.1 Å². The van der Waals surface area contributed by atoms with Gasteiger partial charge in [0.05, 0.1) is 46.2 Å². The van der Waals surface area contributed by atoms with Gasteiger partial charge in [0.25, 0.3) is 5.56 Å². The Morgan fingerprint density at radius 2 is 1.66 bits per heavy atom. The molecule has 7 unspecified atom stereocenters. The third-order valence-corrected chi connectivity index (χ3v) is 7.54. The molecule has 2 saturated heterocycles. The largest absolute Gasteiger partial charge is 0.474 e. The first-order valence-corrected chi connectivity index (χ1v) is 14.9. The van der Waals surface area contributed by atoms with Gasteiger partial charge < -0.3 is 59.4 Å². The van der Waals surface area contributed by atoms with Gasteiger partial charge in [-0.3, -0.25) is 28.2 Å². The number of methoxy groups -OCH3 is 1. The van der Waals surface area contributed by atoms with E-state index < -0.39 is 93.4 Å². The van der Waals surface area contributed by atoms with Crippen LogP contribution in [-0.4, -0.2) is 148 Å². The summed E-state index contributed by atoms with van der Waals surface area (Å²) in [5.74, 6) is -0.713. The highest BCUT2D eigenvalue weighted by atomic mass is 31.2. The zero-order chi connectivity index (χ0) is 32.4. The lowest BCUT2D eigenvalue weighted by Crippen LogP contribution is -2.64. The standard InChI is InChI=1S/C23H38N3O17P/c1-37-6-7-39-9-8-38-5-3-15(29)24-16-19(32)17(30)12(10-27)42-22(16)43-44(35,36)40-11-13-18(31)20(33)21(41-13)26-4-2-14(28)25-23(26)34/h2,4,12-13,16-22,27,30-33H,3,5-11H2,1H3,(H,24,29)(H,35,36)(H,25,28,34)/t12?,13?,16?,17-,18?,19+,20?,21?,22+/m0/s1. The van der Waals surface area contributed by atoms with Crippen molar-refractivity contribution in [2.75, 3.05) is 53.4 Å². The van der Waals surface area contributed by atoms with Crippen molar-refractivity contribution in [1.82, 2.24) is 14.9 Å². The van der Waals surface area contributed by atoms with E-state index in [1.54, 1.807) is 0 Å². The molecule has 8 N–H and O–H groups in total. The average molecular weight is 660 g/mol. The van der Waals surface area contributed by atoms with E-state index in [1.807, 2.05) is 4.98 Å². The number of carbonyl (C=O) groups excluding carboxylic acids is 1. The molecule has 2 aliphatic rings. The number of ether oxygens (including phenoxy) is 5. The smallest absolute Gasteiger partial charge is 0.394 e. The minimum atomic E-state index is -5.16. The summed E-state index contributed by atoms with van der Waals surface area (Å²) in [5, 5.41) is 53.3. The zero-order valence-electron chi connectivity index (χ0n) is 23.6. The molecule has 0 saturated carbocycles. The van der Waals surface area contributed by atoms with E-state index >= 15 is 0 Å². The number of rotatable bonds is 17. The molecular weight excluding hydrogens is 621 g/mol. The first-order chi connectivity index (χ1) is 20.9. The predicted molar refractivity (Wildman–Crippen MR) is 142 cm³/mol. The molecule has 0 bridgehead atoms. The highest BCUT2D eigenvalue weighted by Crippen LogP contribution is 2.47. The molecule has 2 fully saturated rings. The quantitative estimate of drug-likeness (QED) is 0.0576. The molecule has 20 nitrogen and oxygen atoms in total. The van der Waals surface area contributed by atoms with Crippen molar-refractivity contribution in [2.24, 2.45) is 0 Å². The lowest BCUT2D eigenvalue weighted by atomic mass is 9.97. The SMILES string of the molecule is COCCOCCOCCC(=O)NC1[C@@H](OP(=O)(O)OCC2OC(n3ccc(=O)[nH]c3=O)C(O)C2O)OC(CO)[C@H](O)[C@@H]1O. The third-order valence-electron chi connectivity index (χ3n) is 6.59. The van der Waals surface area contributed by atoms with Crippen molar-refractivity contribution in [3.8, 4) is 0 Å². The van der Waals surface area contributed by atoms with Gasteiger partial charge in [0, 0.05) is 25.8 Å². The normalized spacial score (nSPS) is 31.9. The summed E-state index contributed by atoms with van der Waals surface area (Å²) in [6.07, 6.45) is -12.5. The second kappa shape index (κ2) is 17.0. The number of hydrogen-bond acceptors (Lipinski definition) is 16. The fourth-order valence-corrected chi connectivity index (χ4v) is 5.11. The Bertz CT molecular complexity index is 1210. The van der Waals surface area contributed by atoms with Crippen LogP contribution in [0.1, 0.15) is 12.6 Å². The molecule has 1 amide bonds. The number of carbonyl (C=O) groups is 1. The molecule has 21 heteroatoms. The number of nitrogens with one attached hydrogen (secondary N) is 2. The van der Waals surface area contributed by atoms with Gasteiger partial charge in [-0.1, -0.05) is 0 Å². The number of phosphoric acid groups is 1. The summed E-state index contributed by atoms with van der Waals surface area (Å²) < 4.78 is 49.6. The van der Waals surface area contributed by atoms with Gasteiger partial charge in [0.2, 0.25) is 5.91 Å². The van der Waals surface area contributed by atoms with Crippen LogP contribution < -0.4 is 16.6 Å². The number of amides is 1. The monoisotopic (exact) mass is 659 g/mol. The molecule has 1 aromatic rings. The van der Waals surface area contributed by atoms with Crippen LogP contribution in [0.25, 0.3) is 0 Å². The molecule has 44 heavy (non-hydrogen) atoms. The van der Waals surface area contributed by atoms with E-state index in [9.17, 15) is 49.4 Å². The molecule has 0 aromatic carbocycles. The molecule has 2 aliphatic heterocycles. The highest BCUT2D eigenvalue weighted by molar-refractivity contribution is 7.47. The van der Waals surface area contributed by atoms with Crippen LogP contribution in [0.3, 0.4) is 0 Å². The molecule has 3 heterocycles. The van der Waals surface area contributed by atoms with Crippen molar-refractivity contribution in [1.29, 1.82) is 0 Å². The number of aromatic nitrogens is 2. The Morgan fingerprint density at radius 3 is 2.32 bits per heavy atom. The van der Waals surface area contributed by atoms with Gasteiger partial charge in [-0.2, -0.15) is 0 Å². The first-order valence-electron chi connectivity index (χ1n) is 13.4. The number of aliphatic hydroxyl groups excluding tert-OH is 5. The summed E-state index contributed by atoms with van der Waals surface area (Å²) in [5.41, 5.74) is -1.67. The van der Waals surface area contributed by atoms with Crippen LogP contribution in [0, 0.1) is 0 Å². The molecule has 10 atom stereocenters. The summed E-state index contributed by atoms with van der Waals surface area (Å²) >= 11 is 0. The second-order valence-electron chi connectivity index (χ2n) is 9.70. The molecule has 3 rings (SSSR count). The Hall–Kier alpha value is -2.14. The summed E-state index contributed by atoms with van der Waals surface area (Å²) in [7, 11) is -3.63. The Kier molecular flexibility index (Phi) is 14.0. The first kappa shape index (κ1) is 36.3. The van der Waals surface area contributed by atoms with E-state index in [-0.39, 0.29) is 26.2 Å². The van der Waals surface area contributed by atoms with Crippen LogP contribution in [0.2, 0.25) is 0 Å². The zero-order valence-corrected chi connectivity index (χ0v) is 24.5. The van der Waals surface area contributed by atoms with Crippen LogP contribution in [0.4, 0.5) is 0 Å². The maximum Gasteiger partial charge on any atom is 0.474 e. The van der Waals surface area contributed by atoms with Crippen LogP contribution in [0.15, 0.2) is 21.9 Å². The van der Waals surface area contributed by atoms with Crippen LogP contribution in [0.5, 0.6) is 0 Å². The van der Waals surface area contributed by atoms with Crippen molar-refractivity contribution in [3.63, 3.8) is 0 Å². The maximum atomic E-state index is 12.8. The van der Waals surface area contributed by atoms with Crippen molar-refractivity contribution < 1.29 is 72.5 Å². The van der Waals surface area contributed by atoms with Gasteiger partial charge in [-0.05, 0) is 0 Å².